The summed E-state index contributed by atoms with van der Waals surface area (Å²) < 4.78 is 0. The summed E-state index contributed by atoms with van der Waals surface area (Å²) in [6.45, 7) is 3.29. The first-order valence-corrected chi connectivity index (χ1v) is 3.94. The summed E-state index contributed by atoms with van der Waals surface area (Å²) in [4.78, 5) is 0. The van der Waals surface area contributed by atoms with Crippen LogP contribution in [0.4, 0.5) is 0 Å². The van der Waals surface area contributed by atoms with E-state index in [0.717, 1.165) is 0 Å². The molecule has 0 rings (SSSR count). The molecule has 0 aliphatic carbocycles. The van der Waals surface area contributed by atoms with Crippen molar-refractivity contribution in [2.75, 3.05) is 0 Å². The monoisotopic (exact) mass is 234 g/mol. The van der Waals surface area contributed by atoms with Crippen molar-refractivity contribution in [1.29, 1.82) is 0 Å². The molecule has 0 aliphatic rings. The summed E-state index contributed by atoms with van der Waals surface area (Å²) in [6.07, 6.45) is 0.469. The van der Waals surface area contributed by atoms with Crippen molar-refractivity contribution in [3.8, 4) is 0 Å². The fourth-order valence-electron chi connectivity index (χ4n) is 0.686. The van der Waals surface area contributed by atoms with Crippen LogP contribution in [0.5, 0.6) is 0 Å². The molecule has 0 unspecified atom stereocenters. The molecule has 0 N–H and O–H groups in total. The first kappa shape index (κ1) is 20.0. The topological polar surface area (TPSA) is 46.1 Å². The number of rotatable bonds is 3. The zero-order valence-corrected chi connectivity index (χ0v) is 14.0. The molecule has 0 aromatic heterocycles. The summed E-state index contributed by atoms with van der Waals surface area (Å²) >= 11 is 8.77. The van der Waals surface area contributed by atoms with Gasteiger partial charge < -0.3 is 10.2 Å². The fraction of sp³-hybridized carbons (Fsp3) is 0.429. The minimum atomic E-state index is -0.500. The van der Waals surface area contributed by atoms with Gasteiger partial charge in [0.1, 0.15) is 0 Å². The van der Waals surface area contributed by atoms with Crippen LogP contribution in [0.1, 0.15) is 20.3 Å². The minimum absolute atomic E-state index is 0. The minimum Gasteiger partial charge on any atom is -0.864 e. The van der Waals surface area contributed by atoms with Gasteiger partial charge in [0.05, 0.1) is 0 Å². The van der Waals surface area contributed by atoms with Crippen molar-refractivity contribution < 1.29 is 69.3 Å². The number of hydrogen-bond acceptors (Lipinski definition) is 4. The molecule has 0 saturated carbocycles. The van der Waals surface area contributed by atoms with E-state index in [1.807, 2.05) is 0 Å². The third-order valence-electron chi connectivity index (χ3n) is 1.36. The maximum absolute atomic E-state index is 10.7. The van der Waals surface area contributed by atoms with E-state index >= 15 is 0 Å². The summed E-state index contributed by atoms with van der Waals surface area (Å²) in [5.41, 5.74) is 0.669. The standard InChI is InChI=1S/C7H10O2S2.2Na/c1-3-5(7(9)11)4(2)6(8)10;;/h3H2,1-2H3,(H,8,10)(H,9,11);;/q;2*+1/p-2/b5-4-;;. The second kappa shape index (κ2) is 10.1. The van der Waals surface area contributed by atoms with Gasteiger partial charge in [0.2, 0.25) is 0 Å². The van der Waals surface area contributed by atoms with Crippen LogP contribution < -0.4 is 69.3 Å². The van der Waals surface area contributed by atoms with Gasteiger partial charge in [-0.3, -0.25) is 0 Å². The third-order valence-corrected chi connectivity index (χ3v) is 1.91. The summed E-state index contributed by atoms with van der Waals surface area (Å²) in [5.74, 6) is 0. The summed E-state index contributed by atoms with van der Waals surface area (Å²) in [7, 11) is 0. The molecule has 0 aliphatic heterocycles. The fourth-order valence-corrected chi connectivity index (χ4v) is 1.11. The van der Waals surface area contributed by atoms with Gasteiger partial charge in [0.25, 0.3) is 0 Å². The predicted molar refractivity (Wildman–Crippen MR) is 48.2 cm³/mol. The van der Waals surface area contributed by atoms with E-state index in [9.17, 15) is 10.2 Å². The average molecular weight is 234 g/mol. The second-order valence-electron chi connectivity index (χ2n) is 2.03. The molecule has 0 radical (unpaired) electrons. The Bertz CT molecular complexity index is 227. The molecule has 0 saturated heterocycles. The quantitative estimate of drug-likeness (QED) is 0.277. The van der Waals surface area contributed by atoms with Crippen LogP contribution in [0, 0.1) is 0 Å². The summed E-state index contributed by atoms with van der Waals surface area (Å²) in [5, 5.41) is 20.3. The van der Waals surface area contributed by atoms with Crippen LogP contribution in [-0.4, -0.2) is 10.1 Å². The molecule has 0 spiro atoms. The van der Waals surface area contributed by atoms with Crippen LogP contribution in [0.3, 0.4) is 0 Å². The SMILES string of the molecule is CC/C(C([O-])=S)=C(\C)C([O-])=S.[Na+].[Na+]. The number of thiocarbonyl (C=S) groups is 2. The maximum Gasteiger partial charge on any atom is 1.00 e. The van der Waals surface area contributed by atoms with E-state index < -0.39 is 10.1 Å². The van der Waals surface area contributed by atoms with Crippen molar-refractivity contribution in [2.45, 2.75) is 20.3 Å². The first-order valence-electron chi connectivity index (χ1n) is 3.13. The molecular formula is C7H8Na2O2S2. The van der Waals surface area contributed by atoms with Gasteiger partial charge in [-0.05, 0) is 34.6 Å². The van der Waals surface area contributed by atoms with E-state index in [1.54, 1.807) is 6.92 Å². The van der Waals surface area contributed by atoms with Crippen molar-refractivity contribution >= 4 is 34.5 Å². The Morgan fingerprint density at radius 2 is 1.46 bits per heavy atom. The van der Waals surface area contributed by atoms with Crippen LogP contribution >= 0.6 is 24.4 Å². The largest absolute Gasteiger partial charge is 1.00 e. The van der Waals surface area contributed by atoms with E-state index in [4.69, 9.17) is 0 Å². The molecule has 0 aromatic rings. The predicted octanol–water partition coefficient (Wildman–Crippen LogP) is -5.90. The van der Waals surface area contributed by atoms with Gasteiger partial charge in [0, 0.05) is 0 Å². The van der Waals surface area contributed by atoms with Gasteiger partial charge in [-0.2, -0.15) is 0 Å². The van der Waals surface area contributed by atoms with Gasteiger partial charge in [-0.25, -0.2) is 0 Å². The average Bonchev–Trinajstić information content (AvgIpc) is 1.88. The van der Waals surface area contributed by atoms with Crippen molar-refractivity contribution in [3.63, 3.8) is 0 Å². The van der Waals surface area contributed by atoms with Crippen LogP contribution in [0.2, 0.25) is 0 Å². The van der Waals surface area contributed by atoms with Gasteiger partial charge in [0.15, 0.2) is 0 Å². The second-order valence-corrected chi connectivity index (χ2v) is 2.77. The zero-order chi connectivity index (χ0) is 9.02. The normalized spacial score (nSPS) is 10.3. The van der Waals surface area contributed by atoms with Gasteiger partial charge >= 0.3 is 59.1 Å². The Kier molecular flexibility index (Phi) is 15.5. The van der Waals surface area contributed by atoms with Gasteiger partial charge in [-0.1, -0.05) is 31.4 Å². The Morgan fingerprint density at radius 3 is 1.54 bits per heavy atom. The van der Waals surface area contributed by atoms with E-state index in [2.05, 4.69) is 24.4 Å². The molecule has 0 heterocycles. The van der Waals surface area contributed by atoms with E-state index in [0.29, 0.717) is 17.6 Å². The Hall–Kier alpha value is 1.52. The summed E-state index contributed by atoms with van der Waals surface area (Å²) in [6, 6.07) is 0. The Balaban J connectivity index is -0.000000500. The molecule has 0 fully saturated rings. The maximum atomic E-state index is 10.7. The van der Waals surface area contributed by atoms with Crippen LogP contribution in [0.15, 0.2) is 11.1 Å². The van der Waals surface area contributed by atoms with Crippen molar-refractivity contribution in [2.24, 2.45) is 0 Å². The van der Waals surface area contributed by atoms with Crippen LogP contribution in [0.25, 0.3) is 0 Å². The Morgan fingerprint density at radius 1 is 1.08 bits per heavy atom. The third kappa shape index (κ3) is 7.45. The first-order chi connectivity index (χ1) is 5.00. The van der Waals surface area contributed by atoms with Gasteiger partial charge in [-0.15, -0.1) is 0 Å². The molecule has 2 nitrogen and oxygen atoms in total. The molecule has 0 bridgehead atoms. The zero-order valence-electron chi connectivity index (χ0n) is 8.34. The Labute approximate surface area is 133 Å². The van der Waals surface area contributed by atoms with E-state index in [1.165, 1.54) is 6.92 Å². The molecule has 6 heteroatoms. The molecule has 13 heavy (non-hydrogen) atoms. The smallest absolute Gasteiger partial charge is 0.864 e. The van der Waals surface area contributed by atoms with Crippen molar-refractivity contribution in [1.82, 2.24) is 0 Å². The number of hydrogen-bond donors (Lipinski definition) is 0. The molecule has 0 aromatic carbocycles. The molecule has 0 atom stereocenters. The molecule has 0 amide bonds. The molecular weight excluding hydrogens is 226 g/mol. The van der Waals surface area contributed by atoms with Crippen LogP contribution in [-0.2, 0) is 0 Å². The van der Waals surface area contributed by atoms with Crippen molar-refractivity contribution in [3.05, 3.63) is 11.1 Å². The molecule has 62 valence electrons. The van der Waals surface area contributed by atoms with E-state index in [-0.39, 0.29) is 59.1 Å².